The zero-order chi connectivity index (χ0) is 14.8. The molecule has 110 valence electrons. The summed E-state index contributed by atoms with van der Waals surface area (Å²) in [4.78, 5) is 12.3. The Kier molecular flexibility index (Phi) is 3.90. The van der Waals surface area contributed by atoms with Gasteiger partial charge in [0.15, 0.2) is 5.78 Å². The molecule has 1 aliphatic heterocycles. The summed E-state index contributed by atoms with van der Waals surface area (Å²) in [5.41, 5.74) is 7.62. The van der Waals surface area contributed by atoms with Crippen LogP contribution in [0.25, 0.3) is 0 Å². The van der Waals surface area contributed by atoms with Crippen molar-refractivity contribution in [3.8, 4) is 5.75 Å². The molecule has 0 bridgehead atoms. The maximum atomic E-state index is 12.3. The summed E-state index contributed by atoms with van der Waals surface area (Å²) in [6.07, 6.45) is 2.63. The largest absolute Gasteiger partial charge is 0.493 e. The molecule has 0 radical (unpaired) electrons. The average Bonchev–Trinajstić information content (AvgIpc) is 3.07. The maximum absolute atomic E-state index is 12.3. The summed E-state index contributed by atoms with van der Waals surface area (Å²) in [7, 11) is 0. The second-order valence-corrected chi connectivity index (χ2v) is 5.34. The molecule has 0 amide bonds. The van der Waals surface area contributed by atoms with Crippen molar-refractivity contribution in [3.05, 3.63) is 40.2 Å². The molecule has 7 heteroatoms. The van der Waals surface area contributed by atoms with Crippen LogP contribution >= 0.6 is 11.6 Å². The van der Waals surface area contributed by atoms with Crippen molar-refractivity contribution in [2.75, 3.05) is 13.2 Å². The molecule has 0 unspecified atom stereocenters. The van der Waals surface area contributed by atoms with Crippen LogP contribution in [-0.4, -0.2) is 33.9 Å². The van der Waals surface area contributed by atoms with Gasteiger partial charge >= 0.3 is 0 Å². The first-order valence-electron chi connectivity index (χ1n) is 6.75. The zero-order valence-electron chi connectivity index (χ0n) is 11.4. The fourth-order valence-corrected chi connectivity index (χ4v) is 2.67. The molecule has 2 N–H and O–H groups in total. The molecular weight excluding hydrogens is 292 g/mol. The molecule has 0 fully saturated rings. The van der Waals surface area contributed by atoms with Gasteiger partial charge < -0.3 is 10.5 Å². The van der Waals surface area contributed by atoms with E-state index in [2.05, 4.69) is 10.3 Å². The molecule has 0 saturated carbocycles. The Balaban J connectivity index is 1.81. The number of carbonyl (C=O) groups is 1. The number of ketones is 1. The van der Waals surface area contributed by atoms with Gasteiger partial charge in [0.25, 0.3) is 0 Å². The van der Waals surface area contributed by atoms with Crippen LogP contribution in [-0.2, 0) is 19.4 Å². The monoisotopic (exact) mass is 306 g/mol. The van der Waals surface area contributed by atoms with E-state index in [1.165, 1.54) is 0 Å². The highest BCUT2D eigenvalue weighted by molar-refractivity contribution is 6.30. The Hall–Kier alpha value is -1.92. The minimum absolute atomic E-state index is 0.113. The summed E-state index contributed by atoms with van der Waals surface area (Å²) in [6.45, 7) is 1.62. The standard InChI is InChI=1S/C14H15ClN4O2/c15-11-5-9-1-4-21-14(9)10(6-11)7-13(20)12-8-19(3-2-16)18-17-12/h5-6,8H,1-4,7,16H2. The zero-order valence-corrected chi connectivity index (χ0v) is 12.1. The second kappa shape index (κ2) is 5.83. The van der Waals surface area contributed by atoms with Crippen molar-refractivity contribution in [3.63, 3.8) is 0 Å². The Morgan fingerprint density at radius 2 is 2.33 bits per heavy atom. The lowest BCUT2D eigenvalue weighted by Gasteiger charge is -2.07. The van der Waals surface area contributed by atoms with Gasteiger partial charge in [-0.05, 0) is 17.7 Å². The lowest BCUT2D eigenvalue weighted by molar-refractivity contribution is 0.0987. The van der Waals surface area contributed by atoms with Gasteiger partial charge in [0.1, 0.15) is 11.4 Å². The molecule has 21 heavy (non-hydrogen) atoms. The lowest BCUT2D eigenvalue weighted by Crippen LogP contribution is -2.10. The highest BCUT2D eigenvalue weighted by Gasteiger charge is 2.21. The van der Waals surface area contributed by atoms with Gasteiger partial charge in [-0.2, -0.15) is 0 Å². The van der Waals surface area contributed by atoms with E-state index in [-0.39, 0.29) is 12.2 Å². The third-order valence-corrected chi connectivity index (χ3v) is 3.58. The van der Waals surface area contributed by atoms with Crippen LogP contribution in [0.1, 0.15) is 21.6 Å². The van der Waals surface area contributed by atoms with Crippen LogP contribution in [0.5, 0.6) is 5.75 Å². The van der Waals surface area contributed by atoms with Crippen molar-refractivity contribution in [2.24, 2.45) is 5.73 Å². The van der Waals surface area contributed by atoms with Gasteiger partial charge in [-0.25, -0.2) is 0 Å². The van der Waals surface area contributed by atoms with E-state index in [0.717, 1.165) is 23.3 Å². The predicted molar refractivity (Wildman–Crippen MR) is 77.8 cm³/mol. The van der Waals surface area contributed by atoms with Gasteiger partial charge in [0.2, 0.25) is 0 Å². The van der Waals surface area contributed by atoms with E-state index in [1.807, 2.05) is 6.07 Å². The summed E-state index contributed by atoms with van der Waals surface area (Å²) in [6, 6.07) is 3.66. The van der Waals surface area contributed by atoms with Crippen LogP contribution < -0.4 is 10.5 Å². The predicted octanol–water partition coefficient (Wildman–Crippen LogP) is 1.25. The minimum Gasteiger partial charge on any atom is -0.493 e. The normalized spacial score (nSPS) is 13.0. The Labute approximate surface area is 126 Å². The van der Waals surface area contributed by atoms with Gasteiger partial charge in [-0.1, -0.05) is 16.8 Å². The van der Waals surface area contributed by atoms with Crippen LogP contribution in [0.15, 0.2) is 18.3 Å². The maximum Gasteiger partial charge on any atom is 0.189 e. The molecule has 2 heterocycles. The molecule has 1 aliphatic rings. The van der Waals surface area contributed by atoms with Crippen molar-refractivity contribution in [1.82, 2.24) is 15.0 Å². The number of aromatic nitrogens is 3. The van der Waals surface area contributed by atoms with Crippen LogP contribution in [0.3, 0.4) is 0 Å². The fourth-order valence-electron chi connectivity index (χ4n) is 2.41. The first-order valence-corrected chi connectivity index (χ1v) is 7.12. The van der Waals surface area contributed by atoms with Crippen LogP contribution in [0.2, 0.25) is 5.02 Å². The Morgan fingerprint density at radius 3 is 3.14 bits per heavy atom. The van der Waals surface area contributed by atoms with E-state index in [1.54, 1.807) is 16.9 Å². The molecule has 3 rings (SSSR count). The first-order chi connectivity index (χ1) is 10.2. The SMILES string of the molecule is NCCn1cc(C(=O)Cc2cc(Cl)cc3c2OCC3)nn1. The van der Waals surface area contributed by atoms with Crippen LogP contribution in [0.4, 0.5) is 0 Å². The molecule has 1 aromatic heterocycles. The van der Waals surface area contributed by atoms with Crippen molar-refractivity contribution >= 4 is 17.4 Å². The molecule has 6 nitrogen and oxygen atoms in total. The third-order valence-electron chi connectivity index (χ3n) is 3.36. The summed E-state index contributed by atoms with van der Waals surface area (Å²) >= 11 is 6.09. The van der Waals surface area contributed by atoms with E-state index in [9.17, 15) is 4.79 Å². The molecule has 0 saturated heterocycles. The number of benzene rings is 1. The first kappa shape index (κ1) is 14.0. The van der Waals surface area contributed by atoms with Gasteiger partial charge in [-0.3, -0.25) is 9.48 Å². The average molecular weight is 307 g/mol. The quantitative estimate of drug-likeness (QED) is 0.841. The molecule has 0 atom stereocenters. The van der Waals surface area contributed by atoms with E-state index >= 15 is 0 Å². The molecule has 0 spiro atoms. The highest BCUT2D eigenvalue weighted by atomic mass is 35.5. The topological polar surface area (TPSA) is 83.0 Å². The smallest absolute Gasteiger partial charge is 0.189 e. The van der Waals surface area contributed by atoms with Crippen molar-refractivity contribution in [2.45, 2.75) is 19.4 Å². The summed E-state index contributed by atoms with van der Waals surface area (Å²) in [5.74, 6) is 0.667. The Bertz CT molecular complexity index is 684. The fraction of sp³-hybridized carbons (Fsp3) is 0.357. The number of ether oxygens (including phenoxy) is 1. The number of rotatable bonds is 5. The number of hydrogen-bond acceptors (Lipinski definition) is 5. The molecule has 0 aliphatic carbocycles. The Morgan fingerprint density at radius 1 is 1.48 bits per heavy atom. The number of Topliss-reactive ketones (excluding diaryl/α,β-unsaturated/α-hetero) is 1. The van der Waals surface area contributed by atoms with Gasteiger partial charge in [0, 0.05) is 30.0 Å². The van der Waals surface area contributed by atoms with Crippen LogP contribution in [0, 0.1) is 0 Å². The number of hydrogen-bond donors (Lipinski definition) is 1. The van der Waals surface area contributed by atoms with E-state index in [0.29, 0.717) is 30.4 Å². The minimum atomic E-state index is -0.113. The summed E-state index contributed by atoms with van der Waals surface area (Å²) in [5, 5.41) is 8.37. The van der Waals surface area contributed by atoms with E-state index in [4.69, 9.17) is 22.1 Å². The number of nitrogens with two attached hydrogens (primary N) is 1. The number of carbonyl (C=O) groups excluding carboxylic acids is 1. The molecule has 1 aromatic carbocycles. The highest BCUT2D eigenvalue weighted by Crippen LogP contribution is 2.33. The summed E-state index contributed by atoms with van der Waals surface area (Å²) < 4.78 is 7.16. The van der Waals surface area contributed by atoms with Gasteiger partial charge in [0.05, 0.1) is 19.3 Å². The van der Waals surface area contributed by atoms with Crippen molar-refractivity contribution < 1.29 is 9.53 Å². The van der Waals surface area contributed by atoms with Crippen molar-refractivity contribution in [1.29, 1.82) is 0 Å². The van der Waals surface area contributed by atoms with Gasteiger partial charge in [-0.15, -0.1) is 5.10 Å². The number of halogens is 1. The molecule has 2 aromatic rings. The number of fused-ring (bicyclic) bond motifs is 1. The lowest BCUT2D eigenvalue weighted by atomic mass is 10.0. The number of nitrogens with zero attached hydrogens (tertiary/aromatic N) is 3. The third kappa shape index (κ3) is 2.91. The molecular formula is C14H15ClN4O2. The van der Waals surface area contributed by atoms with E-state index < -0.39 is 0 Å². The second-order valence-electron chi connectivity index (χ2n) is 4.91.